The van der Waals surface area contributed by atoms with Gasteiger partial charge >= 0.3 is 0 Å². The number of rotatable bonds is 6. The lowest BCUT2D eigenvalue weighted by molar-refractivity contribution is 0.104. The molecule has 18 heavy (non-hydrogen) atoms. The van der Waals surface area contributed by atoms with Crippen LogP contribution in [0.5, 0.6) is 5.75 Å². The van der Waals surface area contributed by atoms with Crippen molar-refractivity contribution in [3.63, 3.8) is 0 Å². The number of aliphatic hydroxyl groups excluding tert-OH is 1. The molecule has 0 aliphatic carbocycles. The predicted molar refractivity (Wildman–Crippen MR) is 71.8 cm³/mol. The maximum atomic E-state index is 9.84. The zero-order valence-corrected chi connectivity index (χ0v) is 10.9. The van der Waals surface area contributed by atoms with Gasteiger partial charge in [-0.05, 0) is 32.1 Å². The van der Waals surface area contributed by atoms with Crippen molar-refractivity contribution < 1.29 is 9.84 Å². The lowest BCUT2D eigenvalue weighted by atomic mass is 10.2. The Morgan fingerprint density at radius 1 is 1.44 bits per heavy atom. The van der Waals surface area contributed by atoms with E-state index in [2.05, 4.69) is 17.3 Å². The lowest BCUT2D eigenvalue weighted by Crippen LogP contribution is -2.39. The zero-order valence-electron chi connectivity index (χ0n) is 10.9. The summed E-state index contributed by atoms with van der Waals surface area (Å²) in [6.07, 6.45) is 0.694. The molecule has 4 nitrogen and oxygen atoms in total. The summed E-state index contributed by atoms with van der Waals surface area (Å²) < 4.78 is 5.50. The number of hydrogen-bond donors (Lipinski definition) is 2. The molecule has 1 fully saturated rings. The molecule has 1 aromatic rings. The van der Waals surface area contributed by atoms with Crippen molar-refractivity contribution in [1.29, 1.82) is 0 Å². The van der Waals surface area contributed by atoms with Crippen LogP contribution in [0.25, 0.3) is 0 Å². The summed E-state index contributed by atoms with van der Waals surface area (Å²) in [7, 11) is 2.12. The normalized spacial score (nSPS) is 22.0. The second-order valence-electron chi connectivity index (χ2n) is 4.93. The van der Waals surface area contributed by atoms with Gasteiger partial charge in [-0.15, -0.1) is 0 Å². The van der Waals surface area contributed by atoms with Crippen molar-refractivity contribution in [1.82, 2.24) is 10.2 Å². The Morgan fingerprint density at radius 3 is 2.89 bits per heavy atom. The highest BCUT2D eigenvalue weighted by Crippen LogP contribution is 2.09. The number of para-hydroxylation sites is 1. The molecule has 2 N–H and O–H groups in total. The fraction of sp³-hybridized carbons (Fsp3) is 0.571. The maximum absolute atomic E-state index is 9.84. The summed E-state index contributed by atoms with van der Waals surface area (Å²) in [6, 6.07) is 10.1. The van der Waals surface area contributed by atoms with E-state index in [4.69, 9.17) is 4.74 Å². The van der Waals surface area contributed by atoms with Crippen LogP contribution >= 0.6 is 0 Å². The average molecular weight is 250 g/mol. The van der Waals surface area contributed by atoms with Gasteiger partial charge in [-0.25, -0.2) is 0 Å². The van der Waals surface area contributed by atoms with E-state index < -0.39 is 6.10 Å². The van der Waals surface area contributed by atoms with Crippen molar-refractivity contribution in [2.45, 2.75) is 18.6 Å². The van der Waals surface area contributed by atoms with Crippen molar-refractivity contribution in [3.05, 3.63) is 30.3 Å². The van der Waals surface area contributed by atoms with Gasteiger partial charge in [0.25, 0.3) is 0 Å². The Kier molecular flexibility index (Phi) is 4.99. The van der Waals surface area contributed by atoms with Crippen molar-refractivity contribution in [2.75, 3.05) is 33.3 Å². The third-order valence-electron chi connectivity index (χ3n) is 3.22. The monoisotopic (exact) mass is 250 g/mol. The molecule has 1 aliphatic rings. The first-order chi connectivity index (χ1) is 8.74. The van der Waals surface area contributed by atoms with E-state index in [9.17, 15) is 5.11 Å². The summed E-state index contributed by atoms with van der Waals surface area (Å²) in [6.45, 7) is 3.12. The van der Waals surface area contributed by atoms with Crippen LogP contribution in [0.15, 0.2) is 30.3 Å². The number of benzene rings is 1. The van der Waals surface area contributed by atoms with E-state index in [-0.39, 0.29) is 0 Å². The van der Waals surface area contributed by atoms with Gasteiger partial charge in [0.1, 0.15) is 18.5 Å². The van der Waals surface area contributed by atoms with Gasteiger partial charge < -0.3 is 20.1 Å². The Labute approximate surface area is 109 Å². The van der Waals surface area contributed by atoms with E-state index in [0.29, 0.717) is 19.2 Å². The van der Waals surface area contributed by atoms with Crippen molar-refractivity contribution in [2.24, 2.45) is 0 Å². The van der Waals surface area contributed by atoms with Crippen LogP contribution in [-0.4, -0.2) is 55.4 Å². The van der Waals surface area contributed by atoms with Crippen LogP contribution < -0.4 is 10.1 Å². The summed E-state index contributed by atoms with van der Waals surface area (Å²) in [4.78, 5) is 2.30. The quantitative estimate of drug-likeness (QED) is 0.781. The number of hydrogen-bond acceptors (Lipinski definition) is 4. The van der Waals surface area contributed by atoms with Crippen molar-refractivity contribution >= 4 is 0 Å². The van der Waals surface area contributed by atoms with E-state index in [1.165, 1.54) is 0 Å². The summed E-state index contributed by atoms with van der Waals surface area (Å²) in [5.41, 5.74) is 0. The van der Waals surface area contributed by atoms with Crippen LogP contribution in [0.1, 0.15) is 6.42 Å². The molecule has 1 saturated heterocycles. The van der Waals surface area contributed by atoms with E-state index in [1.807, 2.05) is 30.3 Å². The van der Waals surface area contributed by atoms with Gasteiger partial charge in [0.05, 0.1) is 0 Å². The molecular weight excluding hydrogens is 228 g/mol. The molecule has 0 bridgehead atoms. The molecule has 100 valence electrons. The van der Waals surface area contributed by atoms with Crippen LogP contribution in [0.3, 0.4) is 0 Å². The maximum Gasteiger partial charge on any atom is 0.119 e. The minimum absolute atomic E-state index is 0.333. The first-order valence-corrected chi connectivity index (χ1v) is 6.52. The molecule has 0 saturated carbocycles. The molecule has 0 aromatic heterocycles. The number of likely N-dealkylation sites (tertiary alicyclic amines) is 1. The second-order valence-corrected chi connectivity index (χ2v) is 4.93. The van der Waals surface area contributed by atoms with Gasteiger partial charge in [-0.1, -0.05) is 18.2 Å². The fourth-order valence-corrected chi connectivity index (χ4v) is 2.17. The van der Waals surface area contributed by atoms with Crippen molar-refractivity contribution in [3.8, 4) is 5.75 Å². The number of aliphatic hydroxyl groups is 1. The Bertz CT molecular complexity index is 345. The van der Waals surface area contributed by atoms with E-state index >= 15 is 0 Å². The fourth-order valence-electron chi connectivity index (χ4n) is 2.17. The summed E-state index contributed by atoms with van der Waals surface area (Å²) >= 11 is 0. The minimum Gasteiger partial charge on any atom is -0.491 e. The topological polar surface area (TPSA) is 44.7 Å². The minimum atomic E-state index is -0.462. The lowest BCUT2D eigenvalue weighted by Gasteiger charge is -2.17. The highest BCUT2D eigenvalue weighted by Gasteiger charge is 2.19. The largest absolute Gasteiger partial charge is 0.491 e. The molecule has 1 heterocycles. The molecule has 2 rings (SSSR count). The number of likely N-dealkylation sites (N-methyl/N-ethyl adjacent to an activating group) is 1. The molecule has 0 radical (unpaired) electrons. The van der Waals surface area contributed by atoms with Gasteiger partial charge in [0.15, 0.2) is 0 Å². The van der Waals surface area contributed by atoms with E-state index in [1.54, 1.807) is 0 Å². The molecule has 2 atom stereocenters. The predicted octanol–water partition coefficient (Wildman–Crippen LogP) is 0.720. The smallest absolute Gasteiger partial charge is 0.119 e. The number of ether oxygens (including phenoxy) is 1. The molecule has 1 aromatic carbocycles. The van der Waals surface area contributed by atoms with Crippen LogP contribution in [0.2, 0.25) is 0 Å². The Balaban J connectivity index is 1.62. The van der Waals surface area contributed by atoms with Crippen LogP contribution in [0.4, 0.5) is 0 Å². The van der Waals surface area contributed by atoms with Gasteiger partial charge in [0, 0.05) is 19.1 Å². The molecule has 4 heteroatoms. The Hall–Kier alpha value is -1.10. The number of nitrogens with one attached hydrogen (secondary N) is 1. The van der Waals surface area contributed by atoms with Gasteiger partial charge in [0.2, 0.25) is 0 Å². The first-order valence-electron chi connectivity index (χ1n) is 6.52. The molecular formula is C14H22N2O2. The highest BCUT2D eigenvalue weighted by molar-refractivity contribution is 5.20. The molecule has 1 aliphatic heterocycles. The van der Waals surface area contributed by atoms with Crippen LogP contribution in [0, 0.1) is 0 Å². The van der Waals surface area contributed by atoms with Gasteiger partial charge in [-0.3, -0.25) is 0 Å². The number of nitrogens with zero attached hydrogens (tertiary/aromatic N) is 1. The second kappa shape index (κ2) is 6.73. The summed E-state index contributed by atoms with van der Waals surface area (Å²) in [5.74, 6) is 0.803. The third-order valence-corrected chi connectivity index (χ3v) is 3.22. The zero-order chi connectivity index (χ0) is 12.8. The average Bonchev–Trinajstić information content (AvgIpc) is 2.81. The third kappa shape index (κ3) is 4.29. The first kappa shape index (κ1) is 13.3. The SMILES string of the molecule is CN1CCC(NCC(O)COc2ccccc2)C1. The van der Waals surface area contributed by atoms with Crippen LogP contribution in [-0.2, 0) is 0 Å². The molecule has 0 spiro atoms. The van der Waals surface area contributed by atoms with E-state index in [0.717, 1.165) is 25.3 Å². The standard InChI is InChI=1S/C14H22N2O2/c1-16-8-7-12(10-16)15-9-13(17)11-18-14-5-3-2-4-6-14/h2-6,12-13,15,17H,7-11H2,1H3. The molecule has 2 unspecified atom stereocenters. The van der Waals surface area contributed by atoms with Gasteiger partial charge in [-0.2, -0.15) is 0 Å². The molecule has 0 amide bonds. The summed E-state index contributed by atoms with van der Waals surface area (Å²) in [5, 5.41) is 13.2. The highest BCUT2D eigenvalue weighted by atomic mass is 16.5. The Morgan fingerprint density at radius 2 is 2.22 bits per heavy atom.